The first-order chi connectivity index (χ1) is 13.1. The van der Waals surface area contributed by atoms with Crippen molar-refractivity contribution in [3.05, 3.63) is 59.9 Å². The fraction of sp³-hybridized carbons (Fsp3) is 0.300. The molecule has 3 rings (SSSR count). The summed E-state index contributed by atoms with van der Waals surface area (Å²) in [5.74, 6) is -0.860. The Bertz CT molecular complexity index is 822. The number of hydrogen-bond acceptors (Lipinski definition) is 4. The van der Waals surface area contributed by atoms with Crippen LogP contribution in [0.25, 0.3) is 0 Å². The van der Waals surface area contributed by atoms with Gasteiger partial charge in [-0.2, -0.15) is 0 Å². The van der Waals surface area contributed by atoms with Crippen LogP contribution in [0.5, 0.6) is 5.75 Å². The van der Waals surface area contributed by atoms with E-state index in [-0.39, 0.29) is 24.2 Å². The molecule has 2 N–H and O–H groups in total. The smallest absolute Gasteiger partial charge is 0.262 e. The minimum atomic E-state index is -0.520. The number of rotatable bonds is 6. The minimum absolute atomic E-state index is 0.0870. The van der Waals surface area contributed by atoms with Gasteiger partial charge in [-0.3, -0.25) is 9.59 Å². The molecule has 1 aliphatic heterocycles. The summed E-state index contributed by atoms with van der Waals surface area (Å²) in [5.41, 5.74) is 0.481. The largest absolute Gasteiger partial charge is 0.483 e. The van der Waals surface area contributed by atoms with Gasteiger partial charge in [0.1, 0.15) is 11.6 Å². The van der Waals surface area contributed by atoms with Crippen LogP contribution in [0.4, 0.5) is 10.1 Å². The van der Waals surface area contributed by atoms with Crippen LogP contribution in [-0.4, -0.2) is 49.5 Å². The third-order valence-electron chi connectivity index (χ3n) is 4.53. The van der Waals surface area contributed by atoms with Crippen molar-refractivity contribution in [2.75, 3.05) is 32.1 Å². The molecule has 7 heteroatoms. The van der Waals surface area contributed by atoms with Crippen molar-refractivity contribution in [3.63, 3.8) is 0 Å². The maximum absolute atomic E-state index is 13.6. The Morgan fingerprint density at radius 1 is 1.22 bits per heavy atom. The molecule has 1 saturated heterocycles. The van der Waals surface area contributed by atoms with Crippen molar-refractivity contribution in [2.24, 2.45) is 0 Å². The summed E-state index contributed by atoms with van der Waals surface area (Å²) < 4.78 is 19.2. The van der Waals surface area contributed by atoms with Gasteiger partial charge in [0.15, 0.2) is 6.61 Å². The molecule has 2 aromatic carbocycles. The van der Waals surface area contributed by atoms with Crippen molar-refractivity contribution in [1.29, 1.82) is 0 Å². The van der Waals surface area contributed by atoms with Crippen molar-refractivity contribution in [3.8, 4) is 5.75 Å². The highest BCUT2D eigenvalue weighted by atomic mass is 19.1. The molecular formula is C20H22FN3O3. The number of nitrogens with zero attached hydrogens (tertiary/aromatic N) is 1. The molecule has 0 radical (unpaired) electrons. The van der Waals surface area contributed by atoms with Gasteiger partial charge in [0.05, 0.1) is 11.3 Å². The van der Waals surface area contributed by atoms with Crippen LogP contribution in [-0.2, 0) is 4.79 Å². The standard InChI is InChI=1S/C20H22FN3O3/c1-24(14-10-11-22-12-14)20(26)15-6-2-5-9-18(15)27-13-19(25)23-17-8-4-3-7-16(17)21/h2-9,14,22H,10-13H2,1H3,(H,23,25). The first-order valence-corrected chi connectivity index (χ1v) is 8.80. The Hall–Kier alpha value is -2.93. The molecule has 1 atom stereocenters. The quantitative estimate of drug-likeness (QED) is 0.817. The van der Waals surface area contributed by atoms with E-state index in [2.05, 4.69) is 10.6 Å². The lowest BCUT2D eigenvalue weighted by Gasteiger charge is -2.24. The van der Waals surface area contributed by atoms with E-state index in [0.29, 0.717) is 11.3 Å². The van der Waals surface area contributed by atoms with E-state index in [0.717, 1.165) is 19.5 Å². The highest BCUT2D eigenvalue weighted by Gasteiger charge is 2.26. The normalized spacial score (nSPS) is 16.0. The van der Waals surface area contributed by atoms with Crippen molar-refractivity contribution >= 4 is 17.5 Å². The summed E-state index contributed by atoms with van der Waals surface area (Å²) in [6.45, 7) is 1.32. The van der Waals surface area contributed by atoms with E-state index in [1.54, 1.807) is 48.3 Å². The average molecular weight is 371 g/mol. The van der Waals surface area contributed by atoms with Crippen LogP contribution in [0.3, 0.4) is 0 Å². The second-order valence-corrected chi connectivity index (χ2v) is 6.38. The average Bonchev–Trinajstić information content (AvgIpc) is 3.22. The Balaban J connectivity index is 1.64. The van der Waals surface area contributed by atoms with Crippen molar-refractivity contribution in [1.82, 2.24) is 10.2 Å². The van der Waals surface area contributed by atoms with Crippen LogP contribution in [0.1, 0.15) is 16.8 Å². The molecule has 2 aromatic rings. The highest BCUT2D eigenvalue weighted by molar-refractivity contribution is 5.97. The van der Waals surface area contributed by atoms with Gasteiger partial charge >= 0.3 is 0 Å². The Kier molecular flexibility index (Phi) is 6.03. The SMILES string of the molecule is CN(C(=O)c1ccccc1OCC(=O)Nc1ccccc1F)C1CCNC1. The molecule has 1 fully saturated rings. The molecule has 6 nitrogen and oxygen atoms in total. The molecule has 0 aromatic heterocycles. The van der Waals surface area contributed by atoms with E-state index in [1.165, 1.54) is 12.1 Å². The number of halogens is 1. The number of likely N-dealkylation sites (N-methyl/N-ethyl adjacent to an activating group) is 1. The van der Waals surface area contributed by atoms with Crippen LogP contribution in [0.2, 0.25) is 0 Å². The molecule has 1 unspecified atom stereocenters. The number of ether oxygens (including phenoxy) is 1. The summed E-state index contributed by atoms with van der Waals surface area (Å²) in [6.07, 6.45) is 0.899. The number of nitrogens with one attached hydrogen (secondary N) is 2. The zero-order chi connectivity index (χ0) is 19.2. The van der Waals surface area contributed by atoms with Crippen LogP contribution in [0, 0.1) is 5.82 Å². The number of amides is 2. The van der Waals surface area contributed by atoms with Crippen molar-refractivity contribution in [2.45, 2.75) is 12.5 Å². The van der Waals surface area contributed by atoms with Gasteiger partial charge < -0.3 is 20.3 Å². The third kappa shape index (κ3) is 4.62. The number of hydrogen-bond donors (Lipinski definition) is 2. The molecule has 0 aliphatic carbocycles. The van der Waals surface area contributed by atoms with Gasteiger partial charge in [-0.1, -0.05) is 24.3 Å². The molecule has 2 amide bonds. The lowest BCUT2D eigenvalue weighted by Crippen LogP contribution is -2.38. The fourth-order valence-electron chi connectivity index (χ4n) is 2.99. The Morgan fingerprint density at radius 3 is 2.70 bits per heavy atom. The number of carbonyl (C=O) groups excluding carboxylic acids is 2. The maximum Gasteiger partial charge on any atom is 0.262 e. The predicted molar refractivity (Wildman–Crippen MR) is 100 cm³/mol. The summed E-state index contributed by atoms with van der Waals surface area (Å²) in [6, 6.07) is 12.8. The molecule has 0 saturated carbocycles. The zero-order valence-electron chi connectivity index (χ0n) is 15.1. The molecule has 27 heavy (non-hydrogen) atoms. The number of benzene rings is 2. The summed E-state index contributed by atoms with van der Waals surface area (Å²) in [4.78, 5) is 26.6. The first kappa shape index (κ1) is 18.8. The summed E-state index contributed by atoms with van der Waals surface area (Å²) in [7, 11) is 1.77. The number of anilines is 1. The monoisotopic (exact) mass is 371 g/mol. The van der Waals surface area contributed by atoms with Gasteiger partial charge in [-0.25, -0.2) is 4.39 Å². The van der Waals surface area contributed by atoms with Gasteiger partial charge in [0, 0.05) is 19.6 Å². The number of carbonyl (C=O) groups is 2. The fourth-order valence-corrected chi connectivity index (χ4v) is 2.99. The molecule has 1 aliphatic rings. The van der Waals surface area contributed by atoms with Crippen LogP contribution in [0.15, 0.2) is 48.5 Å². The topological polar surface area (TPSA) is 70.7 Å². The zero-order valence-corrected chi connectivity index (χ0v) is 15.1. The highest BCUT2D eigenvalue weighted by Crippen LogP contribution is 2.21. The molecule has 0 bridgehead atoms. The van der Waals surface area contributed by atoms with E-state index >= 15 is 0 Å². The van der Waals surface area contributed by atoms with Crippen LogP contribution < -0.4 is 15.4 Å². The Labute approximate surface area is 157 Å². The summed E-state index contributed by atoms with van der Waals surface area (Å²) in [5, 5.41) is 5.69. The van der Waals surface area contributed by atoms with Gasteiger partial charge in [0.25, 0.3) is 11.8 Å². The lowest BCUT2D eigenvalue weighted by atomic mass is 10.1. The first-order valence-electron chi connectivity index (χ1n) is 8.80. The molecule has 0 spiro atoms. The van der Waals surface area contributed by atoms with Gasteiger partial charge in [-0.05, 0) is 37.2 Å². The lowest BCUT2D eigenvalue weighted by molar-refractivity contribution is -0.118. The second-order valence-electron chi connectivity index (χ2n) is 6.38. The molecule has 142 valence electrons. The van der Waals surface area contributed by atoms with Crippen molar-refractivity contribution < 1.29 is 18.7 Å². The molecular weight excluding hydrogens is 349 g/mol. The third-order valence-corrected chi connectivity index (χ3v) is 4.53. The predicted octanol–water partition coefficient (Wildman–Crippen LogP) is 2.28. The maximum atomic E-state index is 13.6. The van der Waals surface area contributed by atoms with Crippen LogP contribution >= 0.6 is 0 Å². The Morgan fingerprint density at radius 2 is 1.96 bits per heavy atom. The number of para-hydroxylation sites is 2. The summed E-state index contributed by atoms with van der Waals surface area (Å²) >= 11 is 0. The van der Waals surface area contributed by atoms with E-state index < -0.39 is 11.7 Å². The van der Waals surface area contributed by atoms with Gasteiger partial charge in [0.2, 0.25) is 0 Å². The van der Waals surface area contributed by atoms with E-state index in [4.69, 9.17) is 4.74 Å². The van der Waals surface area contributed by atoms with E-state index in [9.17, 15) is 14.0 Å². The van der Waals surface area contributed by atoms with Gasteiger partial charge in [-0.15, -0.1) is 0 Å². The van der Waals surface area contributed by atoms with E-state index in [1.807, 2.05) is 0 Å². The molecule has 1 heterocycles. The minimum Gasteiger partial charge on any atom is -0.483 e. The second kappa shape index (κ2) is 8.64.